The SMILES string of the molecule is COc1ccc(C(F)(F)CCO)cc1Br. The van der Waals surface area contributed by atoms with Gasteiger partial charge in [-0.2, -0.15) is 0 Å². The van der Waals surface area contributed by atoms with Crippen LogP contribution in [0, 0.1) is 0 Å². The maximum Gasteiger partial charge on any atom is 0.275 e. The summed E-state index contributed by atoms with van der Waals surface area (Å²) < 4.78 is 32.1. The van der Waals surface area contributed by atoms with Crippen molar-refractivity contribution in [1.82, 2.24) is 0 Å². The van der Waals surface area contributed by atoms with Gasteiger partial charge in [0.05, 0.1) is 11.6 Å². The molecule has 0 aromatic heterocycles. The molecule has 1 aromatic rings. The Morgan fingerprint density at radius 1 is 1.47 bits per heavy atom. The molecule has 0 bridgehead atoms. The standard InChI is InChI=1S/C10H11BrF2O2/c1-15-9-3-2-7(6-8(9)11)10(12,13)4-5-14/h2-3,6,14H,4-5H2,1H3. The van der Waals surface area contributed by atoms with Crippen molar-refractivity contribution in [2.45, 2.75) is 12.3 Å². The van der Waals surface area contributed by atoms with Crippen LogP contribution in [0.3, 0.4) is 0 Å². The molecule has 0 aliphatic carbocycles. The van der Waals surface area contributed by atoms with Crippen molar-refractivity contribution >= 4 is 15.9 Å². The van der Waals surface area contributed by atoms with E-state index in [1.807, 2.05) is 0 Å². The van der Waals surface area contributed by atoms with Gasteiger partial charge in [-0.3, -0.25) is 0 Å². The first-order chi connectivity index (χ1) is 7.01. The third kappa shape index (κ3) is 2.89. The van der Waals surface area contributed by atoms with Gasteiger partial charge in [-0.25, -0.2) is 8.78 Å². The first-order valence-corrected chi connectivity index (χ1v) is 5.13. The number of aliphatic hydroxyl groups excluding tert-OH is 1. The Balaban J connectivity index is 3.01. The molecule has 1 rings (SSSR count). The molecule has 0 aliphatic heterocycles. The van der Waals surface area contributed by atoms with Crippen LogP contribution in [0.5, 0.6) is 5.75 Å². The Labute approximate surface area is 95.0 Å². The second-order valence-electron chi connectivity index (χ2n) is 3.03. The largest absolute Gasteiger partial charge is 0.496 e. The van der Waals surface area contributed by atoms with E-state index < -0.39 is 19.0 Å². The van der Waals surface area contributed by atoms with E-state index in [4.69, 9.17) is 9.84 Å². The molecule has 0 saturated heterocycles. The monoisotopic (exact) mass is 280 g/mol. The molecule has 0 aliphatic rings. The highest BCUT2D eigenvalue weighted by Crippen LogP contribution is 2.35. The second kappa shape index (κ2) is 4.90. The van der Waals surface area contributed by atoms with Crippen molar-refractivity contribution in [2.24, 2.45) is 0 Å². The number of methoxy groups -OCH3 is 1. The van der Waals surface area contributed by atoms with Crippen molar-refractivity contribution in [3.63, 3.8) is 0 Å². The predicted molar refractivity (Wildman–Crippen MR) is 56.3 cm³/mol. The van der Waals surface area contributed by atoms with Crippen LogP contribution in [0.2, 0.25) is 0 Å². The van der Waals surface area contributed by atoms with Gasteiger partial charge in [0.1, 0.15) is 5.75 Å². The van der Waals surface area contributed by atoms with Crippen LogP contribution in [0.1, 0.15) is 12.0 Å². The van der Waals surface area contributed by atoms with Crippen molar-refractivity contribution in [1.29, 1.82) is 0 Å². The Morgan fingerprint density at radius 3 is 2.60 bits per heavy atom. The van der Waals surface area contributed by atoms with E-state index in [1.54, 1.807) is 0 Å². The van der Waals surface area contributed by atoms with Gasteiger partial charge >= 0.3 is 0 Å². The highest BCUT2D eigenvalue weighted by Gasteiger charge is 2.31. The zero-order valence-electron chi connectivity index (χ0n) is 8.14. The van der Waals surface area contributed by atoms with Crippen LogP contribution in [0.4, 0.5) is 8.78 Å². The zero-order valence-corrected chi connectivity index (χ0v) is 9.72. The number of ether oxygens (including phenoxy) is 1. The molecule has 0 atom stereocenters. The van der Waals surface area contributed by atoms with Crippen LogP contribution >= 0.6 is 15.9 Å². The number of halogens is 3. The first-order valence-electron chi connectivity index (χ1n) is 4.34. The zero-order chi connectivity index (χ0) is 11.5. The van der Waals surface area contributed by atoms with E-state index in [9.17, 15) is 8.78 Å². The van der Waals surface area contributed by atoms with Crippen molar-refractivity contribution in [3.8, 4) is 5.75 Å². The number of rotatable bonds is 4. The highest BCUT2D eigenvalue weighted by molar-refractivity contribution is 9.10. The Bertz CT molecular complexity index is 342. The van der Waals surface area contributed by atoms with E-state index in [-0.39, 0.29) is 5.56 Å². The van der Waals surface area contributed by atoms with Crippen LogP contribution in [-0.4, -0.2) is 18.8 Å². The van der Waals surface area contributed by atoms with Crippen LogP contribution < -0.4 is 4.74 Å². The quantitative estimate of drug-likeness (QED) is 0.919. The summed E-state index contributed by atoms with van der Waals surface area (Å²) in [6, 6.07) is 4.05. The van der Waals surface area contributed by atoms with Gasteiger partial charge < -0.3 is 9.84 Å². The molecule has 0 fully saturated rings. The summed E-state index contributed by atoms with van der Waals surface area (Å²) in [5.74, 6) is -2.51. The summed E-state index contributed by atoms with van der Waals surface area (Å²) >= 11 is 3.13. The molecular formula is C10H11BrF2O2. The molecule has 1 N–H and O–H groups in total. The van der Waals surface area contributed by atoms with Gasteiger partial charge in [0.2, 0.25) is 0 Å². The maximum absolute atomic E-state index is 13.4. The summed E-state index contributed by atoms with van der Waals surface area (Å²) in [6.07, 6.45) is -0.578. The number of alkyl halides is 2. The van der Waals surface area contributed by atoms with E-state index in [0.29, 0.717) is 10.2 Å². The molecule has 84 valence electrons. The molecule has 0 radical (unpaired) electrons. The smallest absolute Gasteiger partial charge is 0.275 e. The van der Waals surface area contributed by atoms with Crippen molar-refractivity contribution in [2.75, 3.05) is 13.7 Å². The Morgan fingerprint density at radius 2 is 2.13 bits per heavy atom. The Hall–Kier alpha value is -0.680. The topological polar surface area (TPSA) is 29.5 Å². The van der Waals surface area contributed by atoms with Crippen LogP contribution in [0.15, 0.2) is 22.7 Å². The molecule has 0 spiro atoms. The van der Waals surface area contributed by atoms with Crippen LogP contribution in [0.25, 0.3) is 0 Å². The summed E-state index contributed by atoms with van der Waals surface area (Å²) in [7, 11) is 1.46. The lowest BCUT2D eigenvalue weighted by Gasteiger charge is -2.16. The summed E-state index contributed by atoms with van der Waals surface area (Å²) in [5.41, 5.74) is -0.135. The third-order valence-corrected chi connectivity index (χ3v) is 2.62. The van der Waals surface area contributed by atoms with Crippen molar-refractivity contribution < 1.29 is 18.6 Å². The average Bonchev–Trinajstić information content (AvgIpc) is 2.17. The Kier molecular flexibility index (Phi) is 4.04. The number of hydrogen-bond acceptors (Lipinski definition) is 2. The van der Waals surface area contributed by atoms with E-state index >= 15 is 0 Å². The fraction of sp³-hybridized carbons (Fsp3) is 0.400. The van der Waals surface area contributed by atoms with Gasteiger partial charge in [-0.15, -0.1) is 0 Å². The minimum absolute atomic E-state index is 0.135. The van der Waals surface area contributed by atoms with Crippen LogP contribution in [-0.2, 0) is 5.92 Å². The highest BCUT2D eigenvalue weighted by atomic mass is 79.9. The normalized spacial score (nSPS) is 11.5. The fourth-order valence-corrected chi connectivity index (χ4v) is 1.72. The lowest BCUT2D eigenvalue weighted by molar-refractivity contribution is -0.0270. The number of hydrogen-bond donors (Lipinski definition) is 1. The average molecular weight is 281 g/mol. The molecule has 15 heavy (non-hydrogen) atoms. The molecule has 1 aromatic carbocycles. The summed E-state index contributed by atoms with van der Waals surface area (Å²) in [5, 5.41) is 8.52. The molecule has 0 unspecified atom stereocenters. The minimum atomic E-state index is -3.01. The lowest BCUT2D eigenvalue weighted by atomic mass is 10.1. The fourth-order valence-electron chi connectivity index (χ4n) is 1.18. The van der Waals surface area contributed by atoms with Gasteiger partial charge in [0, 0.05) is 18.6 Å². The molecule has 0 heterocycles. The number of benzene rings is 1. The van der Waals surface area contributed by atoms with E-state index in [2.05, 4.69) is 15.9 Å². The molecular weight excluding hydrogens is 270 g/mol. The third-order valence-electron chi connectivity index (χ3n) is 2.00. The molecule has 0 saturated carbocycles. The van der Waals surface area contributed by atoms with Gasteiger partial charge in [-0.1, -0.05) is 0 Å². The maximum atomic E-state index is 13.4. The summed E-state index contributed by atoms with van der Waals surface area (Å²) in [6.45, 7) is -0.545. The predicted octanol–water partition coefficient (Wildman–Crippen LogP) is 2.93. The van der Waals surface area contributed by atoms with Crippen molar-refractivity contribution in [3.05, 3.63) is 28.2 Å². The summed E-state index contributed by atoms with van der Waals surface area (Å²) in [4.78, 5) is 0. The van der Waals surface area contributed by atoms with E-state index in [0.717, 1.165) is 0 Å². The van der Waals surface area contributed by atoms with Gasteiger partial charge in [-0.05, 0) is 34.1 Å². The minimum Gasteiger partial charge on any atom is -0.496 e. The first kappa shape index (κ1) is 12.4. The van der Waals surface area contributed by atoms with Gasteiger partial charge in [0.25, 0.3) is 5.92 Å². The van der Waals surface area contributed by atoms with E-state index in [1.165, 1.54) is 25.3 Å². The lowest BCUT2D eigenvalue weighted by Crippen LogP contribution is -2.15. The van der Waals surface area contributed by atoms with Gasteiger partial charge in [0.15, 0.2) is 0 Å². The second-order valence-corrected chi connectivity index (χ2v) is 3.88. The molecule has 5 heteroatoms. The molecule has 0 amide bonds. The molecule has 2 nitrogen and oxygen atoms in total. The number of aliphatic hydroxyl groups is 1.